The first-order valence-corrected chi connectivity index (χ1v) is 11.0. The van der Waals surface area contributed by atoms with Gasteiger partial charge in [0.05, 0.1) is 22.0 Å². The number of thiazole rings is 1. The van der Waals surface area contributed by atoms with Gasteiger partial charge in [-0.3, -0.25) is 0 Å². The summed E-state index contributed by atoms with van der Waals surface area (Å²) in [4.78, 5) is 11.4. The SMILES string of the molecule is N#CC1CCN(c2cccnc2O[C@H]2C[C@@H](Nc3nc4ccccc4s3)C2)CC1. The molecule has 1 saturated carbocycles. The number of nitriles is 1. The molecular formula is C22H23N5OS. The van der Waals surface area contributed by atoms with Crippen molar-refractivity contribution in [2.45, 2.75) is 37.8 Å². The predicted molar refractivity (Wildman–Crippen MR) is 115 cm³/mol. The van der Waals surface area contributed by atoms with Crippen LogP contribution in [0.25, 0.3) is 10.2 Å². The van der Waals surface area contributed by atoms with Crippen LogP contribution in [-0.4, -0.2) is 35.2 Å². The summed E-state index contributed by atoms with van der Waals surface area (Å²) in [6.45, 7) is 1.76. The Bertz CT molecular complexity index is 998. The predicted octanol–water partition coefficient (Wildman–Crippen LogP) is 4.45. The first-order valence-electron chi connectivity index (χ1n) is 10.2. The third kappa shape index (κ3) is 3.85. The van der Waals surface area contributed by atoms with Gasteiger partial charge < -0.3 is 15.0 Å². The lowest BCUT2D eigenvalue weighted by Crippen LogP contribution is -2.43. The van der Waals surface area contributed by atoms with Crippen LogP contribution in [0.2, 0.25) is 0 Å². The zero-order chi connectivity index (χ0) is 19.6. The van der Waals surface area contributed by atoms with Gasteiger partial charge in [-0.25, -0.2) is 9.97 Å². The molecular weight excluding hydrogens is 382 g/mol. The molecule has 0 spiro atoms. The largest absolute Gasteiger partial charge is 0.473 e. The second-order valence-electron chi connectivity index (χ2n) is 7.76. The summed E-state index contributed by atoms with van der Waals surface area (Å²) in [6, 6.07) is 15.0. The zero-order valence-corrected chi connectivity index (χ0v) is 16.9. The minimum Gasteiger partial charge on any atom is -0.473 e. The topological polar surface area (TPSA) is 74.1 Å². The van der Waals surface area contributed by atoms with E-state index in [0.29, 0.717) is 11.9 Å². The summed E-state index contributed by atoms with van der Waals surface area (Å²) in [7, 11) is 0. The number of anilines is 2. The highest BCUT2D eigenvalue weighted by molar-refractivity contribution is 7.22. The number of ether oxygens (including phenoxy) is 1. The molecule has 0 unspecified atom stereocenters. The van der Waals surface area contributed by atoms with E-state index in [1.807, 2.05) is 24.3 Å². The molecule has 1 aliphatic carbocycles. The average molecular weight is 406 g/mol. The van der Waals surface area contributed by atoms with E-state index in [-0.39, 0.29) is 12.0 Å². The van der Waals surface area contributed by atoms with Crippen molar-refractivity contribution >= 4 is 32.4 Å². The van der Waals surface area contributed by atoms with E-state index in [4.69, 9.17) is 10.00 Å². The van der Waals surface area contributed by atoms with Gasteiger partial charge in [0.15, 0.2) is 5.13 Å². The van der Waals surface area contributed by atoms with Crippen LogP contribution in [0.5, 0.6) is 5.88 Å². The maximum absolute atomic E-state index is 9.12. The molecule has 1 aliphatic heterocycles. The van der Waals surface area contributed by atoms with Crippen molar-refractivity contribution in [3.8, 4) is 11.9 Å². The van der Waals surface area contributed by atoms with E-state index in [1.165, 1.54) is 4.70 Å². The van der Waals surface area contributed by atoms with Crippen LogP contribution in [0, 0.1) is 17.2 Å². The van der Waals surface area contributed by atoms with Gasteiger partial charge in [0, 0.05) is 44.1 Å². The number of aromatic nitrogens is 2. The number of nitrogens with zero attached hydrogens (tertiary/aromatic N) is 4. The molecule has 0 atom stereocenters. The van der Waals surface area contributed by atoms with Crippen LogP contribution in [-0.2, 0) is 0 Å². The molecule has 2 aliphatic rings. The molecule has 3 aromatic rings. The van der Waals surface area contributed by atoms with Crippen LogP contribution in [0.4, 0.5) is 10.8 Å². The minimum atomic E-state index is 0.173. The monoisotopic (exact) mass is 405 g/mol. The van der Waals surface area contributed by atoms with Crippen molar-refractivity contribution in [3.05, 3.63) is 42.6 Å². The standard InChI is InChI=1S/C22H23N5OS/c23-14-15-7-10-27(11-8-15)19-5-3-9-24-21(19)28-17-12-16(13-17)25-22-26-18-4-1-2-6-20(18)29-22/h1-6,9,15-17H,7-8,10-13H2,(H,25,26)/t16-,17+. The number of fused-ring (bicyclic) bond motifs is 1. The molecule has 5 rings (SSSR count). The summed E-state index contributed by atoms with van der Waals surface area (Å²) >= 11 is 1.70. The van der Waals surface area contributed by atoms with Gasteiger partial charge in [-0.1, -0.05) is 23.5 Å². The molecule has 0 bridgehead atoms. The Morgan fingerprint density at radius 1 is 1.14 bits per heavy atom. The molecule has 0 radical (unpaired) electrons. The van der Waals surface area contributed by atoms with Gasteiger partial charge in [-0.05, 0) is 37.1 Å². The highest BCUT2D eigenvalue weighted by Crippen LogP contribution is 2.35. The lowest BCUT2D eigenvalue weighted by atomic mass is 9.89. The number of piperidine rings is 1. The fourth-order valence-electron chi connectivity index (χ4n) is 4.01. The molecule has 7 heteroatoms. The number of hydrogen-bond donors (Lipinski definition) is 1. The molecule has 2 fully saturated rings. The molecule has 1 aromatic carbocycles. The van der Waals surface area contributed by atoms with Gasteiger partial charge >= 0.3 is 0 Å². The van der Waals surface area contributed by atoms with Gasteiger partial charge in [0.25, 0.3) is 0 Å². The van der Waals surface area contributed by atoms with Crippen LogP contribution in [0.3, 0.4) is 0 Å². The summed E-state index contributed by atoms with van der Waals surface area (Å²) < 4.78 is 7.45. The summed E-state index contributed by atoms with van der Waals surface area (Å²) in [6.07, 6.45) is 5.67. The van der Waals surface area contributed by atoms with Gasteiger partial charge in [0.1, 0.15) is 6.10 Å². The van der Waals surface area contributed by atoms with E-state index in [0.717, 1.165) is 55.1 Å². The van der Waals surface area contributed by atoms with Gasteiger partial charge in [-0.2, -0.15) is 5.26 Å². The van der Waals surface area contributed by atoms with Crippen LogP contribution < -0.4 is 15.0 Å². The summed E-state index contributed by atoms with van der Waals surface area (Å²) in [5.41, 5.74) is 2.09. The maximum Gasteiger partial charge on any atom is 0.237 e. The third-order valence-corrected chi connectivity index (χ3v) is 6.73. The Balaban J connectivity index is 1.18. The Morgan fingerprint density at radius 2 is 1.97 bits per heavy atom. The van der Waals surface area contributed by atoms with E-state index in [1.54, 1.807) is 17.5 Å². The van der Waals surface area contributed by atoms with Crippen molar-refractivity contribution in [2.24, 2.45) is 5.92 Å². The molecule has 6 nitrogen and oxygen atoms in total. The number of hydrogen-bond acceptors (Lipinski definition) is 7. The highest BCUT2D eigenvalue weighted by atomic mass is 32.1. The lowest BCUT2D eigenvalue weighted by Gasteiger charge is -2.37. The quantitative estimate of drug-likeness (QED) is 0.676. The first-order chi connectivity index (χ1) is 14.3. The maximum atomic E-state index is 9.12. The Labute approximate surface area is 174 Å². The van der Waals surface area contributed by atoms with Crippen LogP contribution in [0.1, 0.15) is 25.7 Å². The molecule has 29 heavy (non-hydrogen) atoms. The third-order valence-electron chi connectivity index (χ3n) is 5.76. The van der Waals surface area contributed by atoms with Crippen molar-refractivity contribution in [1.82, 2.24) is 9.97 Å². The van der Waals surface area contributed by atoms with Crippen molar-refractivity contribution in [1.29, 1.82) is 5.26 Å². The Kier molecular flexibility index (Phi) is 4.94. The molecule has 148 valence electrons. The summed E-state index contributed by atoms with van der Waals surface area (Å²) in [5, 5.41) is 13.6. The van der Waals surface area contributed by atoms with Gasteiger partial charge in [-0.15, -0.1) is 0 Å². The number of pyridine rings is 1. The molecule has 1 N–H and O–H groups in total. The smallest absolute Gasteiger partial charge is 0.237 e. The van der Waals surface area contributed by atoms with E-state index in [9.17, 15) is 0 Å². The molecule has 1 saturated heterocycles. The minimum absolute atomic E-state index is 0.173. The number of benzene rings is 1. The van der Waals surface area contributed by atoms with Crippen molar-refractivity contribution < 1.29 is 4.74 Å². The van der Waals surface area contributed by atoms with E-state index >= 15 is 0 Å². The Hall–Kier alpha value is -2.85. The van der Waals surface area contributed by atoms with Crippen molar-refractivity contribution in [2.75, 3.05) is 23.3 Å². The Morgan fingerprint density at radius 3 is 2.76 bits per heavy atom. The fraction of sp³-hybridized carbons (Fsp3) is 0.409. The summed E-state index contributed by atoms with van der Waals surface area (Å²) in [5.74, 6) is 0.889. The second kappa shape index (κ2) is 7.88. The van der Waals surface area contributed by atoms with Gasteiger partial charge in [0.2, 0.25) is 5.88 Å². The lowest BCUT2D eigenvalue weighted by molar-refractivity contribution is 0.103. The van der Waals surface area contributed by atoms with Crippen LogP contribution in [0.15, 0.2) is 42.6 Å². The number of para-hydroxylation sites is 1. The molecule has 0 amide bonds. The first kappa shape index (κ1) is 18.2. The van der Waals surface area contributed by atoms with E-state index in [2.05, 4.69) is 38.4 Å². The number of nitrogens with one attached hydrogen (secondary N) is 1. The van der Waals surface area contributed by atoms with Crippen molar-refractivity contribution in [3.63, 3.8) is 0 Å². The van der Waals surface area contributed by atoms with E-state index < -0.39 is 0 Å². The fourth-order valence-corrected chi connectivity index (χ4v) is 4.95. The number of rotatable bonds is 5. The van der Waals surface area contributed by atoms with Crippen LogP contribution >= 0.6 is 11.3 Å². The second-order valence-corrected chi connectivity index (χ2v) is 8.79. The normalized spacial score (nSPS) is 22.1. The molecule has 2 aromatic heterocycles. The average Bonchev–Trinajstić information content (AvgIpc) is 3.15. The zero-order valence-electron chi connectivity index (χ0n) is 16.1. The highest BCUT2D eigenvalue weighted by Gasteiger charge is 2.33. The molecule has 3 heterocycles.